The number of aromatic nitrogens is 2. The number of aryl methyl sites for hydroxylation is 2. The van der Waals surface area contributed by atoms with E-state index in [0.717, 1.165) is 25.0 Å². The van der Waals surface area contributed by atoms with E-state index in [9.17, 15) is 0 Å². The Balaban J connectivity index is 2.63. The van der Waals surface area contributed by atoms with Crippen molar-refractivity contribution in [1.82, 2.24) is 15.2 Å². The molecule has 1 aromatic rings. The molecule has 0 saturated heterocycles. The summed E-state index contributed by atoms with van der Waals surface area (Å²) in [5.74, 6) is 6.34. The van der Waals surface area contributed by atoms with Crippen molar-refractivity contribution in [2.45, 2.75) is 52.5 Å². The average Bonchev–Trinajstić information content (AvgIpc) is 2.69. The Labute approximate surface area is 105 Å². The molecule has 0 saturated carbocycles. The van der Waals surface area contributed by atoms with Gasteiger partial charge in [-0.25, -0.2) is 0 Å². The van der Waals surface area contributed by atoms with Crippen LogP contribution < -0.4 is 11.3 Å². The maximum atomic E-state index is 5.63. The normalized spacial score (nSPS) is 14.9. The summed E-state index contributed by atoms with van der Waals surface area (Å²) in [4.78, 5) is 0. The van der Waals surface area contributed by atoms with Gasteiger partial charge in [-0.1, -0.05) is 27.2 Å². The van der Waals surface area contributed by atoms with E-state index in [-0.39, 0.29) is 0 Å². The van der Waals surface area contributed by atoms with Crippen LogP contribution in [-0.4, -0.2) is 15.8 Å². The van der Waals surface area contributed by atoms with E-state index in [1.165, 1.54) is 12.1 Å². The number of nitrogens with two attached hydrogens (primary N) is 1. The summed E-state index contributed by atoms with van der Waals surface area (Å²) in [7, 11) is 2.01. The molecule has 98 valence electrons. The lowest BCUT2D eigenvalue weighted by atomic mass is 9.96. The van der Waals surface area contributed by atoms with Gasteiger partial charge < -0.3 is 0 Å². The van der Waals surface area contributed by atoms with Crippen molar-refractivity contribution in [3.8, 4) is 0 Å². The highest BCUT2D eigenvalue weighted by molar-refractivity contribution is 5.11. The minimum Gasteiger partial charge on any atom is -0.272 e. The van der Waals surface area contributed by atoms with Gasteiger partial charge in [-0.05, 0) is 24.8 Å². The fourth-order valence-electron chi connectivity index (χ4n) is 2.05. The first kappa shape index (κ1) is 14.2. The molecule has 0 aliphatic heterocycles. The van der Waals surface area contributed by atoms with Gasteiger partial charge in [0.25, 0.3) is 0 Å². The van der Waals surface area contributed by atoms with Crippen molar-refractivity contribution in [3.05, 3.63) is 17.5 Å². The predicted molar refractivity (Wildman–Crippen MR) is 71.5 cm³/mol. The van der Waals surface area contributed by atoms with Gasteiger partial charge in [0.05, 0.1) is 5.69 Å². The second-order valence-electron chi connectivity index (χ2n) is 4.92. The Morgan fingerprint density at radius 1 is 1.47 bits per heavy atom. The topological polar surface area (TPSA) is 55.9 Å². The van der Waals surface area contributed by atoms with Crippen LogP contribution in [0, 0.1) is 5.92 Å². The van der Waals surface area contributed by atoms with Crippen molar-refractivity contribution in [3.63, 3.8) is 0 Å². The van der Waals surface area contributed by atoms with Crippen molar-refractivity contribution in [1.29, 1.82) is 0 Å². The molecular formula is C13H26N4. The first-order chi connectivity index (χ1) is 8.10. The van der Waals surface area contributed by atoms with E-state index in [0.29, 0.717) is 12.0 Å². The van der Waals surface area contributed by atoms with Crippen LogP contribution in [0.25, 0.3) is 0 Å². The molecule has 1 rings (SSSR count). The SMILES string of the molecule is CCc1cc(CC(CC(C)CC)NN)n(C)n1. The van der Waals surface area contributed by atoms with Crippen molar-refractivity contribution in [2.24, 2.45) is 18.8 Å². The molecule has 4 heteroatoms. The van der Waals surface area contributed by atoms with Gasteiger partial charge in [0, 0.05) is 25.2 Å². The first-order valence-corrected chi connectivity index (χ1v) is 6.58. The van der Waals surface area contributed by atoms with Crippen molar-refractivity contribution in [2.75, 3.05) is 0 Å². The maximum Gasteiger partial charge on any atom is 0.0624 e. The molecule has 0 radical (unpaired) electrons. The van der Waals surface area contributed by atoms with Gasteiger partial charge in [-0.3, -0.25) is 16.0 Å². The molecule has 0 aromatic carbocycles. The van der Waals surface area contributed by atoms with Gasteiger partial charge >= 0.3 is 0 Å². The van der Waals surface area contributed by atoms with Crippen LogP contribution in [0.3, 0.4) is 0 Å². The third-order valence-electron chi connectivity index (χ3n) is 3.46. The highest BCUT2D eigenvalue weighted by Crippen LogP contribution is 2.14. The Hall–Kier alpha value is -0.870. The fourth-order valence-corrected chi connectivity index (χ4v) is 2.05. The van der Waals surface area contributed by atoms with Crippen LogP contribution in [0.4, 0.5) is 0 Å². The lowest BCUT2D eigenvalue weighted by Crippen LogP contribution is -2.38. The molecule has 0 fully saturated rings. The number of rotatable bonds is 7. The number of hydrogen-bond acceptors (Lipinski definition) is 3. The van der Waals surface area contributed by atoms with Gasteiger partial charge in [-0.2, -0.15) is 5.10 Å². The minimum absolute atomic E-state index is 0.338. The lowest BCUT2D eigenvalue weighted by Gasteiger charge is -2.19. The molecule has 0 spiro atoms. The standard InChI is InChI=1S/C13H26N4/c1-5-10(3)7-12(15-14)9-13-8-11(6-2)16-17(13)4/h8,10,12,15H,5-7,9,14H2,1-4H3. The summed E-state index contributed by atoms with van der Waals surface area (Å²) >= 11 is 0. The number of hydrazine groups is 1. The molecular weight excluding hydrogens is 212 g/mol. The van der Waals surface area contributed by atoms with E-state index >= 15 is 0 Å². The molecule has 17 heavy (non-hydrogen) atoms. The summed E-state index contributed by atoms with van der Waals surface area (Å²) in [5.41, 5.74) is 5.34. The summed E-state index contributed by atoms with van der Waals surface area (Å²) in [6.45, 7) is 6.62. The zero-order valence-electron chi connectivity index (χ0n) is 11.5. The molecule has 0 aliphatic rings. The van der Waals surface area contributed by atoms with Gasteiger partial charge in [0.1, 0.15) is 0 Å². The number of nitrogens with one attached hydrogen (secondary N) is 1. The number of nitrogens with zero attached hydrogens (tertiary/aromatic N) is 2. The third kappa shape index (κ3) is 4.13. The van der Waals surface area contributed by atoms with Crippen molar-refractivity contribution < 1.29 is 0 Å². The lowest BCUT2D eigenvalue weighted by molar-refractivity contribution is 0.391. The molecule has 1 heterocycles. The zero-order valence-corrected chi connectivity index (χ0v) is 11.5. The monoisotopic (exact) mass is 238 g/mol. The van der Waals surface area contributed by atoms with E-state index < -0.39 is 0 Å². The maximum absolute atomic E-state index is 5.63. The largest absolute Gasteiger partial charge is 0.272 e. The predicted octanol–water partition coefficient (Wildman–Crippen LogP) is 1.79. The van der Waals surface area contributed by atoms with E-state index in [1.807, 2.05) is 11.7 Å². The Morgan fingerprint density at radius 3 is 2.65 bits per heavy atom. The summed E-state index contributed by atoms with van der Waals surface area (Å²) in [5, 5.41) is 4.46. The highest BCUT2D eigenvalue weighted by Gasteiger charge is 2.14. The summed E-state index contributed by atoms with van der Waals surface area (Å²) in [6, 6.07) is 2.52. The molecule has 1 aromatic heterocycles. The van der Waals surface area contributed by atoms with E-state index in [2.05, 4.69) is 37.4 Å². The molecule has 3 N–H and O–H groups in total. The fraction of sp³-hybridized carbons (Fsp3) is 0.769. The van der Waals surface area contributed by atoms with Crippen LogP contribution in [0.15, 0.2) is 6.07 Å². The Morgan fingerprint density at radius 2 is 2.18 bits per heavy atom. The molecule has 0 aliphatic carbocycles. The summed E-state index contributed by atoms with van der Waals surface area (Å²) < 4.78 is 1.97. The van der Waals surface area contributed by atoms with Gasteiger partial charge in [0.15, 0.2) is 0 Å². The zero-order chi connectivity index (χ0) is 12.8. The van der Waals surface area contributed by atoms with Crippen LogP contribution in [0.2, 0.25) is 0 Å². The van der Waals surface area contributed by atoms with Crippen molar-refractivity contribution >= 4 is 0 Å². The van der Waals surface area contributed by atoms with Crippen LogP contribution >= 0.6 is 0 Å². The average molecular weight is 238 g/mol. The van der Waals surface area contributed by atoms with E-state index in [4.69, 9.17) is 5.84 Å². The van der Waals surface area contributed by atoms with Crippen LogP contribution in [0.1, 0.15) is 45.0 Å². The van der Waals surface area contributed by atoms with Gasteiger partial charge in [-0.15, -0.1) is 0 Å². The minimum atomic E-state index is 0.338. The Bertz CT molecular complexity index is 332. The third-order valence-corrected chi connectivity index (χ3v) is 3.46. The number of hydrogen-bond donors (Lipinski definition) is 2. The first-order valence-electron chi connectivity index (χ1n) is 6.58. The second kappa shape index (κ2) is 6.77. The molecule has 0 bridgehead atoms. The quantitative estimate of drug-likeness (QED) is 0.562. The summed E-state index contributed by atoms with van der Waals surface area (Å²) in [6.07, 6.45) is 4.24. The van der Waals surface area contributed by atoms with Crippen LogP contribution in [0.5, 0.6) is 0 Å². The Kier molecular flexibility index (Phi) is 5.65. The molecule has 2 atom stereocenters. The smallest absolute Gasteiger partial charge is 0.0624 e. The second-order valence-corrected chi connectivity index (χ2v) is 4.92. The molecule has 2 unspecified atom stereocenters. The molecule has 4 nitrogen and oxygen atoms in total. The van der Waals surface area contributed by atoms with E-state index in [1.54, 1.807) is 0 Å². The highest BCUT2D eigenvalue weighted by atomic mass is 15.3. The van der Waals surface area contributed by atoms with Gasteiger partial charge in [0.2, 0.25) is 0 Å². The molecule has 0 amide bonds. The van der Waals surface area contributed by atoms with Crippen LogP contribution in [-0.2, 0) is 19.9 Å².